The van der Waals surface area contributed by atoms with Crippen molar-refractivity contribution in [2.45, 2.75) is 25.8 Å². The van der Waals surface area contributed by atoms with Gasteiger partial charge in [0.1, 0.15) is 12.4 Å². The number of nitrogens with zero attached hydrogens (tertiary/aromatic N) is 2. The molecule has 0 amide bonds. The SMILES string of the molecule is Cc1cc2nccc(OCCNC3CCNCC3)c2cc1[N+](=O)[O-]. The molecule has 1 saturated heterocycles. The first-order chi connectivity index (χ1) is 11.6. The second kappa shape index (κ2) is 7.55. The molecule has 1 aliphatic rings. The predicted molar refractivity (Wildman–Crippen MR) is 92.5 cm³/mol. The monoisotopic (exact) mass is 330 g/mol. The van der Waals surface area contributed by atoms with Crippen LogP contribution in [0.2, 0.25) is 0 Å². The summed E-state index contributed by atoms with van der Waals surface area (Å²) in [5.74, 6) is 0.634. The van der Waals surface area contributed by atoms with Gasteiger partial charge in [-0.15, -0.1) is 0 Å². The summed E-state index contributed by atoms with van der Waals surface area (Å²) < 4.78 is 5.84. The molecule has 0 bridgehead atoms. The van der Waals surface area contributed by atoms with Gasteiger partial charge < -0.3 is 15.4 Å². The zero-order chi connectivity index (χ0) is 16.9. The maximum atomic E-state index is 11.1. The molecule has 24 heavy (non-hydrogen) atoms. The molecule has 1 aromatic heterocycles. The highest BCUT2D eigenvalue weighted by atomic mass is 16.6. The number of nitro groups is 1. The van der Waals surface area contributed by atoms with Crippen molar-refractivity contribution in [3.63, 3.8) is 0 Å². The van der Waals surface area contributed by atoms with Gasteiger partial charge in [-0.1, -0.05) is 0 Å². The Kier molecular flexibility index (Phi) is 5.22. The lowest BCUT2D eigenvalue weighted by Crippen LogP contribution is -2.41. The van der Waals surface area contributed by atoms with Crippen molar-refractivity contribution < 1.29 is 9.66 Å². The van der Waals surface area contributed by atoms with Crippen LogP contribution >= 0.6 is 0 Å². The number of piperidine rings is 1. The molecule has 0 unspecified atom stereocenters. The number of hydrogen-bond donors (Lipinski definition) is 2. The minimum absolute atomic E-state index is 0.0909. The van der Waals surface area contributed by atoms with Crippen LogP contribution in [0, 0.1) is 17.0 Å². The Morgan fingerprint density at radius 1 is 1.42 bits per heavy atom. The molecule has 2 aromatic rings. The highest BCUT2D eigenvalue weighted by Gasteiger charge is 2.15. The molecular formula is C17H22N4O3. The van der Waals surface area contributed by atoms with Gasteiger partial charge in [-0.05, 0) is 45.0 Å². The molecule has 0 atom stereocenters. The second-order valence-corrected chi connectivity index (χ2v) is 6.05. The second-order valence-electron chi connectivity index (χ2n) is 6.05. The van der Waals surface area contributed by atoms with Gasteiger partial charge in [0.25, 0.3) is 5.69 Å². The predicted octanol–water partition coefficient (Wildman–Crippen LogP) is 2.17. The third kappa shape index (κ3) is 3.80. The summed E-state index contributed by atoms with van der Waals surface area (Å²) in [7, 11) is 0. The minimum Gasteiger partial charge on any atom is -0.491 e. The van der Waals surface area contributed by atoms with E-state index in [0.29, 0.717) is 34.9 Å². The number of pyridine rings is 1. The number of fused-ring (bicyclic) bond motifs is 1. The van der Waals surface area contributed by atoms with E-state index in [-0.39, 0.29) is 10.6 Å². The fourth-order valence-corrected chi connectivity index (χ4v) is 3.03. The summed E-state index contributed by atoms with van der Waals surface area (Å²) in [6, 6.07) is 5.57. The van der Waals surface area contributed by atoms with E-state index in [4.69, 9.17) is 4.74 Å². The molecule has 0 saturated carbocycles. The smallest absolute Gasteiger partial charge is 0.273 e. The maximum absolute atomic E-state index is 11.1. The maximum Gasteiger partial charge on any atom is 0.273 e. The van der Waals surface area contributed by atoms with Crippen LogP contribution in [0.1, 0.15) is 18.4 Å². The number of nitro benzene ring substituents is 1. The third-order valence-corrected chi connectivity index (χ3v) is 4.35. The zero-order valence-electron chi connectivity index (χ0n) is 13.7. The van der Waals surface area contributed by atoms with Gasteiger partial charge in [-0.2, -0.15) is 0 Å². The Balaban J connectivity index is 1.67. The molecule has 0 radical (unpaired) electrons. The first kappa shape index (κ1) is 16.6. The van der Waals surface area contributed by atoms with Crippen LogP contribution in [0.4, 0.5) is 5.69 Å². The lowest BCUT2D eigenvalue weighted by Gasteiger charge is -2.23. The molecule has 1 fully saturated rings. The lowest BCUT2D eigenvalue weighted by atomic mass is 10.1. The minimum atomic E-state index is -0.371. The average Bonchev–Trinajstić information content (AvgIpc) is 2.58. The van der Waals surface area contributed by atoms with Gasteiger partial charge in [0.2, 0.25) is 0 Å². The van der Waals surface area contributed by atoms with Crippen LogP contribution in [0.5, 0.6) is 5.75 Å². The van der Waals surface area contributed by atoms with Crippen LogP contribution in [0.3, 0.4) is 0 Å². The Morgan fingerprint density at radius 2 is 2.21 bits per heavy atom. The van der Waals surface area contributed by atoms with E-state index in [0.717, 1.165) is 32.5 Å². The fourth-order valence-electron chi connectivity index (χ4n) is 3.03. The largest absolute Gasteiger partial charge is 0.491 e. The van der Waals surface area contributed by atoms with Crippen molar-refractivity contribution in [2.75, 3.05) is 26.2 Å². The van der Waals surface area contributed by atoms with Gasteiger partial charge in [-0.3, -0.25) is 15.1 Å². The van der Waals surface area contributed by atoms with Crippen molar-refractivity contribution in [3.8, 4) is 5.75 Å². The van der Waals surface area contributed by atoms with Crippen molar-refractivity contribution in [1.29, 1.82) is 0 Å². The Labute approximate surface area is 140 Å². The molecule has 2 heterocycles. The standard InChI is InChI=1S/C17H22N4O3/c1-12-10-15-14(11-16(12)21(22)23)17(4-7-20-15)24-9-8-19-13-2-5-18-6-3-13/h4,7,10-11,13,18-19H,2-3,5-6,8-9H2,1H3. The lowest BCUT2D eigenvalue weighted by molar-refractivity contribution is -0.385. The van der Waals surface area contributed by atoms with E-state index in [1.165, 1.54) is 0 Å². The third-order valence-electron chi connectivity index (χ3n) is 4.35. The van der Waals surface area contributed by atoms with Gasteiger partial charge in [-0.25, -0.2) is 0 Å². The van der Waals surface area contributed by atoms with E-state index >= 15 is 0 Å². The molecule has 7 heteroatoms. The van der Waals surface area contributed by atoms with Gasteiger partial charge in [0, 0.05) is 35.8 Å². The molecule has 1 aromatic carbocycles. The number of nitrogens with one attached hydrogen (secondary N) is 2. The van der Waals surface area contributed by atoms with E-state index < -0.39 is 0 Å². The van der Waals surface area contributed by atoms with Gasteiger partial charge >= 0.3 is 0 Å². The molecule has 1 aliphatic heterocycles. The molecule has 0 spiro atoms. The van der Waals surface area contributed by atoms with Gasteiger partial charge in [0.15, 0.2) is 0 Å². The number of aryl methyl sites for hydroxylation is 1. The summed E-state index contributed by atoms with van der Waals surface area (Å²) in [5, 5.41) is 18.6. The first-order valence-electron chi connectivity index (χ1n) is 8.26. The van der Waals surface area contributed by atoms with Crippen LogP contribution in [-0.2, 0) is 0 Å². The molecule has 2 N–H and O–H groups in total. The van der Waals surface area contributed by atoms with Gasteiger partial charge in [0.05, 0.1) is 10.4 Å². The van der Waals surface area contributed by atoms with Crippen LogP contribution in [-0.4, -0.2) is 42.2 Å². The number of ether oxygens (including phenoxy) is 1. The average molecular weight is 330 g/mol. The molecule has 128 valence electrons. The van der Waals surface area contributed by atoms with Crippen LogP contribution in [0.25, 0.3) is 10.9 Å². The topological polar surface area (TPSA) is 89.3 Å². The van der Waals surface area contributed by atoms with E-state index in [9.17, 15) is 10.1 Å². The van der Waals surface area contributed by atoms with Crippen molar-refractivity contribution in [2.24, 2.45) is 0 Å². The number of aromatic nitrogens is 1. The van der Waals surface area contributed by atoms with E-state index in [1.54, 1.807) is 31.3 Å². The molecule has 3 rings (SSSR count). The zero-order valence-corrected chi connectivity index (χ0v) is 13.7. The van der Waals surface area contributed by atoms with Crippen LogP contribution < -0.4 is 15.4 Å². The van der Waals surface area contributed by atoms with E-state index in [2.05, 4.69) is 15.6 Å². The highest BCUT2D eigenvalue weighted by molar-refractivity contribution is 5.87. The fraction of sp³-hybridized carbons (Fsp3) is 0.471. The summed E-state index contributed by atoms with van der Waals surface area (Å²) in [6.07, 6.45) is 3.93. The van der Waals surface area contributed by atoms with Crippen molar-refractivity contribution in [3.05, 3.63) is 40.1 Å². The van der Waals surface area contributed by atoms with E-state index in [1.807, 2.05) is 0 Å². The first-order valence-corrected chi connectivity index (χ1v) is 8.26. The summed E-state index contributed by atoms with van der Waals surface area (Å²) in [4.78, 5) is 15.1. The number of rotatable bonds is 6. The summed E-state index contributed by atoms with van der Waals surface area (Å²) in [5.41, 5.74) is 1.40. The molecule has 7 nitrogen and oxygen atoms in total. The van der Waals surface area contributed by atoms with Crippen molar-refractivity contribution >= 4 is 16.6 Å². The number of benzene rings is 1. The Morgan fingerprint density at radius 3 is 2.96 bits per heavy atom. The normalized spacial score (nSPS) is 15.5. The quantitative estimate of drug-likeness (QED) is 0.479. The summed E-state index contributed by atoms with van der Waals surface area (Å²) >= 11 is 0. The molecular weight excluding hydrogens is 308 g/mol. The highest BCUT2D eigenvalue weighted by Crippen LogP contribution is 2.30. The summed E-state index contributed by atoms with van der Waals surface area (Å²) in [6.45, 7) is 5.09. The van der Waals surface area contributed by atoms with Crippen LogP contribution in [0.15, 0.2) is 24.4 Å². The number of hydrogen-bond acceptors (Lipinski definition) is 6. The Bertz CT molecular complexity index is 729. The Hall–Kier alpha value is -2.25. The molecule has 0 aliphatic carbocycles. The van der Waals surface area contributed by atoms with Crippen molar-refractivity contribution in [1.82, 2.24) is 15.6 Å².